The van der Waals surface area contributed by atoms with Crippen LogP contribution in [0.2, 0.25) is 0 Å². The summed E-state index contributed by atoms with van der Waals surface area (Å²) in [6, 6.07) is 0. The predicted molar refractivity (Wildman–Crippen MR) is 137 cm³/mol. The Balaban J connectivity index is 1.67. The van der Waals surface area contributed by atoms with Gasteiger partial charge in [-0.2, -0.15) is 0 Å². The van der Waals surface area contributed by atoms with Crippen molar-refractivity contribution in [3.8, 4) is 0 Å². The van der Waals surface area contributed by atoms with Crippen molar-refractivity contribution in [2.24, 2.45) is 0 Å². The SMILES string of the molecule is CCCCCCCCCCCCCCCCCCCCCCNCCN1C(=O)CCC1=O. The average molecular weight is 451 g/mol. The molecule has 0 radical (unpaired) electrons. The molecule has 1 rings (SSSR count). The van der Waals surface area contributed by atoms with E-state index in [2.05, 4.69) is 12.2 Å². The van der Waals surface area contributed by atoms with Crippen LogP contribution in [0.4, 0.5) is 0 Å². The molecule has 0 aromatic heterocycles. The lowest BCUT2D eigenvalue weighted by atomic mass is 10.0. The monoisotopic (exact) mass is 450 g/mol. The van der Waals surface area contributed by atoms with Gasteiger partial charge in [0.25, 0.3) is 0 Å². The van der Waals surface area contributed by atoms with Crippen LogP contribution < -0.4 is 5.32 Å². The van der Waals surface area contributed by atoms with E-state index in [1.54, 1.807) is 0 Å². The summed E-state index contributed by atoms with van der Waals surface area (Å²) in [7, 11) is 0. The van der Waals surface area contributed by atoms with Crippen LogP contribution in [0.25, 0.3) is 0 Å². The van der Waals surface area contributed by atoms with Crippen molar-refractivity contribution in [3.05, 3.63) is 0 Å². The van der Waals surface area contributed by atoms with Gasteiger partial charge in [-0.25, -0.2) is 0 Å². The van der Waals surface area contributed by atoms with Gasteiger partial charge < -0.3 is 5.32 Å². The van der Waals surface area contributed by atoms with Crippen LogP contribution in [0.15, 0.2) is 0 Å². The highest BCUT2D eigenvalue weighted by Gasteiger charge is 2.27. The van der Waals surface area contributed by atoms with Crippen molar-refractivity contribution in [1.29, 1.82) is 0 Å². The molecule has 32 heavy (non-hydrogen) atoms. The molecule has 1 saturated heterocycles. The standard InChI is InChI=1S/C28H54N2O2/c1-2-3-4-5-6-7-8-9-10-11-12-13-14-15-16-17-18-19-20-21-24-29-25-26-30-27(31)22-23-28(30)32/h29H,2-26H2,1H3. The Hall–Kier alpha value is -0.900. The molecule has 188 valence electrons. The second-order valence-electron chi connectivity index (χ2n) is 9.91. The fourth-order valence-corrected chi connectivity index (χ4v) is 4.69. The fourth-order valence-electron chi connectivity index (χ4n) is 4.69. The summed E-state index contributed by atoms with van der Waals surface area (Å²) in [5.74, 6) is -0.00814. The van der Waals surface area contributed by atoms with Crippen LogP contribution in [0.3, 0.4) is 0 Å². The molecule has 0 atom stereocenters. The first-order valence-corrected chi connectivity index (χ1v) is 14.3. The van der Waals surface area contributed by atoms with E-state index >= 15 is 0 Å². The summed E-state index contributed by atoms with van der Waals surface area (Å²) in [6.07, 6.45) is 29.0. The third-order valence-corrected chi connectivity index (χ3v) is 6.87. The van der Waals surface area contributed by atoms with E-state index in [0.717, 1.165) is 13.1 Å². The zero-order valence-corrected chi connectivity index (χ0v) is 21.4. The summed E-state index contributed by atoms with van der Waals surface area (Å²) in [5, 5.41) is 3.37. The number of hydrogen-bond acceptors (Lipinski definition) is 3. The minimum atomic E-state index is -0.00407. The lowest BCUT2D eigenvalue weighted by molar-refractivity contribution is -0.138. The Morgan fingerprint density at radius 1 is 0.531 bits per heavy atom. The second-order valence-corrected chi connectivity index (χ2v) is 9.91. The van der Waals surface area contributed by atoms with Gasteiger partial charge in [0.15, 0.2) is 0 Å². The maximum atomic E-state index is 11.5. The quantitative estimate of drug-likeness (QED) is 0.122. The molecule has 1 aliphatic heterocycles. The zero-order chi connectivity index (χ0) is 23.1. The number of nitrogens with zero attached hydrogens (tertiary/aromatic N) is 1. The first kappa shape index (κ1) is 29.1. The van der Waals surface area contributed by atoms with E-state index in [-0.39, 0.29) is 11.8 Å². The highest BCUT2D eigenvalue weighted by Crippen LogP contribution is 2.15. The van der Waals surface area contributed by atoms with Gasteiger partial charge in [-0.1, -0.05) is 129 Å². The summed E-state index contributed by atoms with van der Waals surface area (Å²) < 4.78 is 0. The third kappa shape index (κ3) is 16.7. The van der Waals surface area contributed by atoms with Gasteiger partial charge in [-0.3, -0.25) is 14.5 Å². The smallest absolute Gasteiger partial charge is 0.229 e. The molecule has 0 aliphatic carbocycles. The van der Waals surface area contributed by atoms with E-state index < -0.39 is 0 Å². The maximum Gasteiger partial charge on any atom is 0.229 e. The number of carbonyl (C=O) groups is 2. The Labute approximate surface area is 199 Å². The molecule has 1 heterocycles. The number of hydrogen-bond donors (Lipinski definition) is 1. The molecular formula is C28H54N2O2. The highest BCUT2D eigenvalue weighted by molar-refractivity contribution is 6.01. The number of imide groups is 1. The van der Waals surface area contributed by atoms with Crippen molar-refractivity contribution in [2.75, 3.05) is 19.6 Å². The molecule has 1 aliphatic rings. The number of likely N-dealkylation sites (tertiary alicyclic amines) is 1. The number of unbranched alkanes of at least 4 members (excludes halogenated alkanes) is 19. The van der Waals surface area contributed by atoms with Gasteiger partial charge >= 0.3 is 0 Å². The first-order chi connectivity index (χ1) is 15.8. The van der Waals surface area contributed by atoms with Gasteiger partial charge in [-0.15, -0.1) is 0 Å². The minimum Gasteiger partial charge on any atom is -0.315 e. The van der Waals surface area contributed by atoms with Gasteiger partial charge in [0.05, 0.1) is 0 Å². The summed E-state index contributed by atoms with van der Waals surface area (Å²) in [4.78, 5) is 24.4. The Morgan fingerprint density at radius 3 is 1.25 bits per heavy atom. The molecule has 0 saturated carbocycles. The van der Waals surface area contributed by atoms with E-state index in [4.69, 9.17) is 0 Å². The Morgan fingerprint density at radius 2 is 0.875 bits per heavy atom. The lowest BCUT2D eigenvalue weighted by Crippen LogP contribution is -2.36. The molecule has 1 fully saturated rings. The summed E-state index contributed by atoms with van der Waals surface area (Å²) in [5.41, 5.74) is 0. The van der Waals surface area contributed by atoms with Crippen LogP contribution in [-0.2, 0) is 9.59 Å². The minimum absolute atomic E-state index is 0.00407. The number of amides is 2. The number of carbonyl (C=O) groups excluding carboxylic acids is 2. The molecule has 0 aromatic carbocycles. The Bertz CT molecular complexity index is 437. The molecule has 4 nitrogen and oxygen atoms in total. The highest BCUT2D eigenvalue weighted by atomic mass is 16.2. The predicted octanol–water partition coefficient (Wildman–Crippen LogP) is 7.55. The van der Waals surface area contributed by atoms with Gasteiger partial charge in [0, 0.05) is 25.9 Å². The average Bonchev–Trinajstić information content (AvgIpc) is 3.11. The van der Waals surface area contributed by atoms with E-state index in [1.807, 2.05) is 0 Å². The van der Waals surface area contributed by atoms with E-state index in [9.17, 15) is 9.59 Å². The maximum absolute atomic E-state index is 11.5. The van der Waals surface area contributed by atoms with Crippen LogP contribution in [0.1, 0.15) is 148 Å². The Kier molecular flexibility index (Phi) is 20.0. The number of rotatable bonds is 24. The largest absolute Gasteiger partial charge is 0.315 e. The van der Waals surface area contributed by atoms with E-state index in [1.165, 1.54) is 133 Å². The molecule has 2 amide bonds. The van der Waals surface area contributed by atoms with Gasteiger partial charge in [0.2, 0.25) is 11.8 Å². The van der Waals surface area contributed by atoms with Crippen molar-refractivity contribution >= 4 is 11.8 Å². The van der Waals surface area contributed by atoms with Crippen molar-refractivity contribution < 1.29 is 9.59 Å². The van der Waals surface area contributed by atoms with Crippen LogP contribution in [0.5, 0.6) is 0 Å². The second kappa shape index (κ2) is 21.9. The van der Waals surface area contributed by atoms with E-state index in [0.29, 0.717) is 19.4 Å². The van der Waals surface area contributed by atoms with Gasteiger partial charge in [-0.05, 0) is 13.0 Å². The topological polar surface area (TPSA) is 49.4 Å². The first-order valence-electron chi connectivity index (χ1n) is 14.3. The summed E-state index contributed by atoms with van der Waals surface area (Å²) in [6.45, 7) is 4.56. The summed E-state index contributed by atoms with van der Waals surface area (Å²) >= 11 is 0. The molecule has 0 unspecified atom stereocenters. The molecule has 4 heteroatoms. The van der Waals surface area contributed by atoms with Crippen LogP contribution in [-0.4, -0.2) is 36.3 Å². The van der Waals surface area contributed by atoms with Crippen molar-refractivity contribution in [3.63, 3.8) is 0 Å². The van der Waals surface area contributed by atoms with Crippen molar-refractivity contribution in [2.45, 2.75) is 148 Å². The molecule has 0 spiro atoms. The molecule has 0 bridgehead atoms. The number of nitrogens with one attached hydrogen (secondary N) is 1. The lowest BCUT2D eigenvalue weighted by Gasteiger charge is -2.13. The normalized spacial score (nSPS) is 14.1. The van der Waals surface area contributed by atoms with Crippen LogP contribution in [0, 0.1) is 0 Å². The van der Waals surface area contributed by atoms with Crippen molar-refractivity contribution in [1.82, 2.24) is 10.2 Å². The molecule has 1 N–H and O–H groups in total. The fraction of sp³-hybridized carbons (Fsp3) is 0.929. The molecule has 0 aromatic rings. The van der Waals surface area contributed by atoms with Gasteiger partial charge in [0.1, 0.15) is 0 Å². The molecular weight excluding hydrogens is 396 g/mol. The third-order valence-electron chi connectivity index (χ3n) is 6.87. The zero-order valence-electron chi connectivity index (χ0n) is 21.4. The van der Waals surface area contributed by atoms with Crippen LogP contribution >= 0.6 is 0 Å².